The maximum Gasteiger partial charge on any atom is 0.123 e. The quantitative estimate of drug-likeness (QED) is 0.610. The van der Waals surface area contributed by atoms with Crippen LogP contribution in [0.1, 0.15) is 18.4 Å². The van der Waals surface area contributed by atoms with E-state index in [9.17, 15) is 0 Å². The van der Waals surface area contributed by atoms with Crippen LogP contribution in [0.3, 0.4) is 0 Å². The Kier molecular flexibility index (Phi) is 6.73. The van der Waals surface area contributed by atoms with Crippen LogP contribution in [-0.4, -0.2) is 48.9 Å². The number of aliphatic hydroxyl groups is 1. The van der Waals surface area contributed by atoms with E-state index >= 15 is 0 Å². The molecule has 1 aliphatic carbocycles. The SMILES string of the molecule is C=CCN(CCO)CCOc1ccccc1CNC1CC1. The van der Waals surface area contributed by atoms with Crippen LogP contribution < -0.4 is 10.1 Å². The average molecular weight is 290 g/mol. The molecule has 2 rings (SSSR count). The van der Waals surface area contributed by atoms with Crippen molar-refractivity contribution in [1.29, 1.82) is 0 Å². The van der Waals surface area contributed by atoms with Gasteiger partial charge in [-0.1, -0.05) is 24.3 Å². The molecule has 0 heterocycles. The lowest BCUT2D eigenvalue weighted by Gasteiger charge is -2.20. The van der Waals surface area contributed by atoms with Crippen molar-refractivity contribution in [3.8, 4) is 5.75 Å². The second-order valence-electron chi connectivity index (χ2n) is 5.42. The molecular formula is C17H26N2O2. The number of para-hydroxylation sites is 1. The molecule has 0 aromatic heterocycles. The monoisotopic (exact) mass is 290 g/mol. The number of aliphatic hydroxyl groups excluding tert-OH is 1. The van der Waals surface area contributed by atoms with Crippen LogP contribution in [0.15, 0.2) is 36.9 Å². The summed E-state index contributed by atoms with van der Waals surface area (Å²) in [5.41, 5.74) is 1.21. The first-order valence-corrected chi connectivity index (χ1v) is 7.71. The van der Waals surface area contributed by atoms with E-state index in [4.69, 9.17) is 9.84 Å². The van der Waals surface area contributed by atoms with Crippen molar-refractivity contribution in [1.82, 2.24) is 10.2 Å². The standard InChI is InChI=1S/C17H26N2O2/c1-2-9-19(10-12-20)11-13-21-17-6-4-3-5-15(17)14-18-16-7-8-16/h2-6,16,18,20H,1,7-14H2. The molecule has 1 saturated carbocycles. The van der Waals surface area contributed by atoms with Gasteiger partial charge in [0.1, 0.15) is 12.4 Å². The highest BCUT2D eigenvalue weighted by Crippen LogP contribution is 2.22. The zero-order valence-corrected chi connectivity index (χ0v) is 12.6. The Bertz CT molecular complexity index is 433. The number of benzene rings is 1. The third-order valence-corrected chi connectivity index (χ3v) is 3.60. The van der Waals surface area contributed by atoms with Crippen LogP contribution in [0.2, 0.25) is 0 Å². The fourth-order valence-corrected chi connectivity index (χ4v) is 2.24. The van der Waals surface area contributed by atoms with Gasteiger partial charge in [-0.25, -0.2) is 0 Å². The summed E-state index contributed by atoms with van der Waals surface area (Å²) in [6, 6.07) is 8.89. The molecule has 116 valence electrons. The predicted octanol–water partition coefficient (Wildman–Crippen LogP) is 1.80. The maximum absolute atomic E-state index is 9.03. The van der Waals surface area contributed by atoms with Gasteiger partial charge in [0.2, 0.25) is 0 Å². The van der Waals surface area contributed by atoms with Crippen LogP contribution in [0, 0.1) is 0 Å². The van der Waals surface area contributed by atoms with Crippen molar-refractivity contribution in [2.45, 2.75) is 25.4 Å². The molecule has 21 heavy (non-hydrogen) atoms. The van der Waals surface area contributed by atoms with E-state index in [1.165, 1.54) is 18.4 Å². The van der Waals surface area contributed by atoms with Crippen LogP contribution >= 0.6 is 0 Å². The molecular weight excluding hydrogens is 264 g/mol. The van der Waals surface area contributed by atoms with Crippen molar-refractivity contribution in [2.24, 2.45) is 0 Å². The van der Waals surface area contributed by atoms with Gasteiger partial charge < -0.3 is 15.2 Å². The van der Waals surface area contributed by atoms with Gasteiger partial charge in [0.15, 0.2) is 0 Å². The van der Waals surface area contributed by atoms with Gasteiger partial charge >= 0.3 is 0 Å². The van der Waals surface area contributed by atoms with Crippen molar-refractivity contribution < 1.29 is 9.84 Å². The van der Waals surface area contributed by atoms with E-state index in [1.807, 2.05) is 24.3 Å². The lowest BCUT2D eigenvalue weighted by molar-refractivity contribution is 0.179. The largest absolute Gasteiger partial charge is 0.492 e. The second kappa shape index (κ2) is 8.82. The summed E-state index contributed by atoms with van der Waals surface area (Å²) in [5.74, 6) is 0.952. The van der Waals surface area contributed by atoms with E-state index in [0.717, 1.165) is 25.4 Å². The summed E-state index contributed by atoms with van der Waals surface area (Å²) in [6.45, 7) is 7.60. The lowest BCUT2D eigenvalue weighted by atomic mass is 10.2. The van der Waals surface area contributed by atoms with Crippen LogP contribution in [0.4, 0.5) is 0 Å². The number of hydrogen-bond donors (Lipinski definition) is 2. The van der Waals surface area contributed by atoms with E-state index in [1.54, 1.807) is 0 Å². The molecule has 0 bridgehead atoms. The molecule has 4 heteroatoms. The second-order valence-corrected chi connectivity index (χ2v) is 5.42. The van der Waals surface area contributed by atoms with Gasteiger partial charge in [-0.2, -0.15) is 0 Å². The summed E-state index contributed by atoms with van der Waals surface area (Å²) in [4.78, 5) is 2.12. The van der Waals surface area contributed by atoms with Crippen LogP contribution in [-0.2, 0) is 6.54 Å². The van der Waals surface area contributed by atoms with Gasteiger partial charge in [0.05, 0.1) is 6.61 Å². The molecule has 2 N–H and O–H groups in total. The number of ether oxygens (including phenoxy) is 1. The van der Waals surface area contributed by atoms with Crippen molar-refractivity contribution in [3.05, 3.63) is 42.5 Å². The highest BCUT2D eigenvalue weighted by atomic mass is 16.5. The first-order chi connectivity index (χ1) is 10.3. The smallest absolute Gasteiger partial charge is 0.123 e. The summed E-state index contributed by atoms with van der Waals surface area (Å²) >= 11 is 0. The van der Waals surface area contributed by atoms with Gasteiger partial charge in [-0.3, -0.25) is 4.90 Å². The highest BCUT2D eigenvalue weighted by Gasteiger charge is 2.20. The van der Waals surface area contributed by atoms with Gasteiger partial charge in [-0.15, -0.1) is 6.58 Å². The molecule has 0 aliphatic heterocycles. The molecule has 0 spiro atoms. The summed E-state index contributed by atoms with van der Waals surface area (Å²) in [6.07, 6.45) is 4.44. The number of rotatable bonds is 11. The third kappa shape index (κ3) is 5.87. The third-order valence-electron chi connectivity index (χ3n) is 3.60. The Balaban J connectivity index is 1.79. The Hall–Kier alpha value is -1.36. The fraction of sp³-hybridized carbons (Fsp3) is 0.529. The van der Waals surface area contributed by atoms with Gasteiger partial charge in [0, 0.05) is 37.8 Å². The zero-order valence-electron chi connectivity index (χ0n) is 12.6. The molecule has 0 atom stereocenters. The average Bonchev–Trinajstić information content (AvgIpc) is 3.31. The molecule has 1 aromatic carbocycles. The molecule has 4 nitrogen and oxygen atoms in total. The highest BCUT2D eigenvalue weighted by molar-refractivity contribution is 5.33. The van der Waals surface area contributed by atoms with Gasteiger partial charge in [-0.05, 0) is 18.9 Å². The van der Waals surface area contributed by atoms with Crippen molar-refractivity contribution in [3.63, 3.8) is 0 Å². The van der Waals surface area contributed by atoms with E-state index in [0.29, 0.717) is 19.2 Å². The van der Waals surface area contributed by atoms with E-state index in [-0.39, 0.29) is 6.61 Å². The van der Waals surface area contributed by atoms with Crippen LogP contribution in [0.5, 0.6) is 5.75 Å². The molecule has 1 aliphatic rings. The minimum Gasteiger partial charge on any atom is -0.492 e. The molecule has 0 amide bonds. The van der Waals surface area contributed by atoms with E-state index in [2.05, 4.69) is 22.9 Å². The van der Waals surface area contributed by atoms with Gasteiger partial charge in [0.25, 0.3) is 0 Å². The molecule has 1 aromatic rings. The van der Waals surface area contributed by atoms with Crippen molar-refractivity contribution in [2.75, 3.05) is 32.8 Å². The fourth-order valence-electron chi connectivity index (χ4n) is 2.24. The first-order valence-electron chi connectivity index (χ1n) is 7.71. The molecule has 1 fully saturated rings. The number of hydrogen-bond acceptors (Lipinski definition) is 4. The Morgan fingerprint density at radius 1 is 1.33 bits per heavy atom. The molecule has 0 unspecified atom stereocenters. The van der Waals surface area contributed by atoms with Crippen LogP contribution in [0.25, 0.3) is 0 Å². The normalized spacial score (nSPS) is 14.4. The number of nitrogens with one attached hydrogen (secondary N) is 1. The summed E-state index contributed by atoms with van der Waals surface area (Å²) in [7, 11) is 0. The molecule has 0 saturated heterocycles. The lowest BCUT2D eigenvalue weighted by Crippen LogP contribution is -2.31. The summed E-state index contributed by atoms with van der Waals surface area (Å²) < 4.78 is 5.92. The Labute approximate surface area is 127 Å². The van der Waals surface area contributed by atoms with E-state index < -0.39 is 0 Å². The summed E-state index contributed by atoms with van der Waals surface area (Å²) in [5, 5.41) is 12.5. The first kappa shape index (κ1) is 16.0. The predicted molar refractivity (Wildman–Crippen MR) is 85.5 cm³/mol. The number of nitrogens with zero attached hydrogens (tertiary/aromatic N) is 1. The Morgan fingerprint density at radius 2 is 2.14 bits per heavy atom. The maximum atomic E-state index is 9.03. The minimum absolute atomic E-state index is 0.162. The minimum atomic E-state index is 0.162. The molecule has 0 radical (unpaired) electrons. The van der Waals surface area contributed by atoms with Crippen molar-refractivity contribution >= 4 is 0 Å². The zero-order chi connectivity index (χ0) is 14.9. The topological polar surface area (TPSA) is 44.7 Å². The Morgan fingerprint density at radius 3 is 2.86 bits per heavy atom.